The highest BCUT2D eigenvalue weighted by Gasteiger charge is 2.16. The standard InChI is InChI=1S/C12H15N5OS2/c1-2-9(19)8-3-6(4-13)10(18-8)7-5-20-12(16-7)17-11(14)15/h3,5H,2,4,13H2,1H3,(H4,14,15,16,17). The monoisotopic (exact) mass is 309 g/mol. The topological polar surface area (TPSA) is 116 Å². The molecule has 0 fully saturated rings. The minimum Gasteiger partial charge on any atom is -0.454 e. The van der Waals surface area contributed by atoms with E-state index in [4.69, 9.17) is 33.8 Å². The van der Waals surface area contributed by atoms with Gasteiger partial charge in [0.05, 0.1) is 4.86 Å². The van der Waals surface area contributed by atoms with Crippen LogP contribution in [0.1, 0.15) is 24.7 Å². The van der Waals surface area contributed by atoms with Crippen molar-refractivity contribution in [3.8, 4) is 11.5 Å². The van der Waals surface area contributed by atoms with Crippen molar-refractivity contribution in [2.24, 2.45) is 22.2 Å². The van der Waals surface area contributed by atoms with Gasteiger partial charge in [0.25, 0.3) is 0 Å². The van der Waals surface area contributed by atoms with Gasteiger partial charge in [0, 0.05) is 17.5 Å². The maximum absolute atomic E-state index is 5.77. The third kappa shape index (κ3) is 3.03. The fourth-order valence-corrected chi connectivity index (χ4v) is 2.43. The van der Waals surface area contributed by atoms with Crippen molar-refractivity contribution in [1.82, 2.24) is 4.98 Å². The van der Waals surface area contributed by atoms with Crippen LogP contribution in [0.2, 0.25) is 0 Å². The quantitative estimate of drug-likeness (QED) is 0.336. The Hall–Kier alpha value is -1.77. The highest BCUT2D eigenvalue weighted by Crippen LogP contribution is 2.31. The normalized spacial score (nSPS) is 10.5. The number of nitrogens with two attached hydrogens (primary N) is 3. The lowest BCUT2D eigenvalue weighted by Crippen LogP contribution is -2.21. The molecule has 0 saturated heterocycles. The molecule has 2 rings (SSSR count). The first-order chi connectivity index (χ1) is 9.55. The lowest BCUT2D eigenvalue weighted by molar-refractivity contribution is 0.568. The molecule has 20 heavy (non-hydrogen) atoms. The van der Waals surface area contributed by atoms with Gasteiger partial charge in [0.2, 0.25) is 5.13 Å². The van der Waals surface area contributed by atoms with Crippen LogP contribution in [0.3, 0.4) is 0 Å². The first-order valence-corrected chi connectivity index (χ1v) is 7.25. The third-order valence-electron chi connectivity index (χ3n) is 2.57. The number of aromatic nitrogens is 1. The van der Waals surface area contributed by atoms with E-state index in [2.05, 4.69) is 9.98 Å². The number of thiocarbonyl (C=S) groups is 1. The van der Waals surface area contributed by atoms with Crippen molar-refractivity contribution < 1.29 is 4.42 Å². The average molecular weight is 309 g/mol. The fraction of sp³-hybridized carbons (Fsp3) is 0.250. The predicted molar refractivity (Wildman–Crippen MR) is 85.2 cm³/mol. The number of thiazole rings is 1. The van der Waals surface area contributed by atoms with Crippen LogP contribution >= 0.6 is 23.6 Å². The van der Waals surface area contributed by atoms with E-state index in [1.165, 1.54) is 11.3 Å². The lowest BCUT2D eigenvalue weighted by Gasteiger charge is -1.95. The van der Waals surface area contributed by atoms with Crippen LogP contribution in [0, 0.1) is 0 Å². The Balaban J connectivity index is 2.41. The summed E-state index contributed by atoms with van der Waals surface area (Å²) < 4.78 is 5.77. The van der Waals surface area contributed by atoms with Gasteiger partial charge >= 0.3 is 0 Å². The zero-order valence-corrected chi connectivity index (χ0v) is 12.6. The molecule has 0 aliphatic carbocycles. The molecule has 0 aromatic carbocycles. The fourth-order valence-electron chi connectivity index (χ4n) is 1.64. The van der Waals surface area contributed by atoms with Crippen LogP contribution in [0.15, 0.2) is 20.9 Å². The summed E-state index contributed by atoms with van der Waals surface area (Å²) in [7, 11) is 0. The number of rotatable bonds is 5. The molecule has 2 aromatic rings. The van der Waals surface area contributed by atoms with Crippen LogP contribution in [0.25, 0.3) is 11.5 Å². The smallest absolute Gasteiger partial charge is 0.212 e. The van der Waals surface area contributed by atoms with Crippen LogP contribution in [0.5, 0.6) is 0 Å². The van der Waals surface area contributed by atoms with E-state index in [0.29, 0.717) is 28.9 Å². The lowest BCUT2D eigenvalue weighted by atomic mass is 10.2. The van der Waals surface area contributed by atoms with Crippen molar-refractivity contribution >= 4 is 39.5 Å². The number of furan rings is 1. The summed E-state index contributed by atoms with van der Waals surface area (Å²) in [6.07, 6.45) is 0.739. The van der Waals surface area contributed by atoms with Gasteiger partial charge in [-0.15, -0.1) is 11.3 Å². The van der Waals surface area contributed by atoms with E-state index in [1.807, 2.05) is 18.4 Å². The van der Waals surface area contributed by atoms with E-state index in [-0.39, 0.29) is 5.96 Å². The predicted octanol–water partition coefficient (Wildman–Crippen LogP) is 1.89. The largest absolute Gasteiger partial charge is 0.454 e. The highest BCUT2D eigenvalue weighted by molar-refractivity contribution is 7.80. The molecular formula is C12H15N5OS2. The Labute approximate surface area is 125 Å². The molecule has 0 atom stereocenters. The molecule has 0 unspecified atom stereocenters. The molecule has 0 aliphatic rings. The van der Waals surface area contributed by atoms with Crippen LogP contribution in [-0.4, -0.2) is 15.8 Å². The number of hydrogen-bond acceptors (Lipinski definition) is 6. The Morgan fingerprint density at radius 1 is 1.50 bits per heavy atom. The van der Waals surface area contributed by atoms with Crippen molar-refractivity contribution in [2.75, 3.05) is 0 Å². The zero-order chi connectivity index (χ0) is 14.7. The summed E-state index contributed by atoms with van der Waals surface area (Å²) >= 11 is 6.57. The summed E-state index contributed by atoms with van der Waals surface area (Å²) in [5.41, 5.74) is 17.9. The van der Waals surface area contributed by atoms with Crippen LogP contribution in [0.4, 0.5) is 5.13 Å². The Bertz CT molecular complexity index is 655. The SMILES string of the molecule is CCC(=S)c1cc(CN)c(-c2csc(N=C(N)N)n2)o1. The van der Waals surface area contributed by atoms with Crippen LogP contribution in [-0.2, 0) is 6.54 Å². The third-order valence-corrected chi connectivity index (χ3v) is 3.80. The molecule has 0 bridgehead atoms. The van der Waals surface area contributed by atoms with Crippen molar-refractivity contribution in [1.29, 1.82) is 0 Å². The summed E-state index contributed by atoms with van der Waals surface area (Å²) in [5, 5.41) is 2.29. The molecule has 106 valence electrons. The average Bonchev–Trinajstić information content (AvgIpc) is 3.02. The number of guanidine groups is 1. The molecule has 6 N–H and O–H groups in total. The van der Waals surface area contributed by atoms with Gasteiger partial charge in [-0.05, 0) is 12.5 Å². The van der Waals surface area contributed by atoms with Crippen molar-refractivity contribution in [3.63, 3.8) is 0 Å². The van der Waals surface area contributed by atoms with E-state index in [1.54, 1.807) is 0 Å². The number of hydrogen-bond donors (Lipinski definition) is 3. The second-order valence-corrected chi connectivity index (χ2v) is 5.33. The van der Waals surface area contributed by atoms with Crippen molar-refractivity contribution in [3.05, 3.63) is 22.8 Å². The minimum atomic E-state index is -0.0303. The Kier molecular flexibility index (Phi) is 4.48. The number of aliphatic imine (C=N–C) groups is 1. The highest BCUT2D eigenvalue weighted by atomic mass is 32.1. The molecule has 8 heteroatoms. The van der Waals surface area contributed by atoms with E-state index in [0.717, 1.165) is 16.8 Å². The molecule has 0 spiro atoms. The molecule has 2 heterocycles. The van der Waals surface area contributed by atoms with Crippen LogP contribution < -0.4 is 17.2 Å². The van der Waals surface area contributed by atoms with E-state index in [9.17, 15) is 0 Å². The maximum Gasteiger partial charge on any atom is 0.212 e. The van der Waals surface area contributed by atoms with Gasteiger partial charge in [0.15, 0.2) is 11.7 Å². The number of nitrogens with zero attached hydrogens (tertiary/aromatic N) is 2. The Morgan fingerprint density at radius 3 is 2.85 bits per heavy atom. The molecule has 0 radical (unpaired) electrons. The first kappa shape index (κ1) is 14.6. The first-order valence-electron chi connectivity index (χ1n) is 5.96. The molecule has 6 nitrogen and oxygen atoms in total. The zero-order valence-electron chi connectivity index (χ0n) is 10.9. The summed E-state index contributed by atoms with van der Waals surface area (Å²) in [6, 6.07) is 1.86. The molecule has 0 saturated carbocycles. The summed E-state index contributed by atoms with van der Waals surface area (Å²) in [4.78, 5) is 8.96. The Morgan fingerprint density at radius 2 is 2.25 bits per heavy atom. The van der Waals surface area contributed by atoms with Crippen molar-refractivity contribution in [2.45, 2.75) is 19.9 Å². The van der Waals surface area contributed by atoms with Gasteiger partial charge in [-0.2, -0.15) is 4.99 Å². The molecule has 2 aromatic heterocycles. The molecule has 0 aliphatic heterocycles. The maximum atomic E-state index is 5.77. The second kappa shape index (κ2) is 6.12. The van der Waals surface area contributed by atoms with E-state index >= 15 is 0 Å². The van der Waals surface area contributed by atoms with Gasteiger partial charge < -0.3 is 21.6 Å². The molecule has 0 amide bonds. The van der Waals surface area contributed by atoms with Gasteiger partial charge in [-0.25, -0.2) is 4.98 Å². The minimum absolute atomic E-state index is 0.0303. The summed E-state index contributed by atoms with van der Waals surface area (Å²) in [5.74, 6) is 1.25. The van der Waals surface area contributed by atoms with Gasteiger partial charge in [-0.3, -0.25) is 0 Å². The van der Waals surface area contributed by atoms with Gasteiger partial charge in [-0.1, -0.05) is 19.1 Å². The summed E-state index contributed by atoms with van der Waals surface area (Å²) in [6.45, 7) is 2.33. The second-order valence-electron chi connectivity index (χ2n) is 4.00. The molecular weight excluding hydrogens is 294 g/mol. The van der Waals surface area contributed by atoms with Gasteiger partial charge in [0.1, 0.15) is 11.5 Å². The van der Waals surface area contributed by atoms with E-state index < -0.39 is 0 Å².